The predicted molar refractivity (Wildman–Crippen MR) is 108 cm³/mol. The molecule has 132 valence electrons. The van der Waals surface area contributed by atoms with Gasteiger partial charge in [-0.3, -0.25) is 4.79 Å². The van der Waals surface area contributed by atoms with Crippen molar-refractivity contribution in [2.75, 3.05) is 22.5 Å². The summed E-state index contributed by atoms with van der Waals surface area (Å²) < 4.78 is 0. The lowest BCUT2D eigenvalue weighted by Crippen LogP contribution is -2.33. The Hall–Kier alpha value is -2.98. The van der Waals surface area contributed by atoms with Crippen LogP contribution in [0.2, 0.25) is 5.02 Å². The smallest absolute Gasteiger partial charge is 0.243 e. The number of hydrogen-bond donors (Lipinski definition) is 2. The number of nitrogen functional groups attached to an aromatic ring is 1. The number of nitrogens with zero attached hydrogens (tertiary/aromatic N) is 1. The third-order valence-corrected chi connectivity index (χ3v) is 4.21. The van der Waals surface area contributed by atoms with E-state index in [2.05, 4.69) is 5.32 Å². The molecule has 0 atom stereocenters. The van der Waals surface area contributed by atoms with Crippen molar-refractivity contribution >= 4 is 34.6 Å². The van der Waals surface area contributed by atoms with Crippen LogP contribution in [0.4, 0.5) is 17.1 Å². The van der Waals surface area contributed by atoms with Gasteiger partial charge < -0.3 is 16.0 Å². The van der Waals surface area contributed by atoms with Gasteiger partial charge >= 0.3 is 0 Å². The highest BCUT2D eigenvalue weighted by Crippen LogP contribution is 2.24. The Labute approximate surface area is 158 Å². The van der Waals surface area contributed by atoms with Gasteiger partial charge in [0, 0.05) is 17.3 Å². The monoisotopic (exact) mass is 365 g/mol. The molecular formula is C21H20ClN3O. The first kappa shape index (κ1) is 17.8. The van der Waals surface area contributed by atoms with Gasteiger partial charge in [0.25, 0.3) is 0 Å². The standard InChI is InChI=1S/C21H20ClN3O/c22-17-10-12-18(13-11-17)24-21(26)15-25(14-16-6-2-1-3-7-16)20-9-5-4-8-19(20)23/h1-13H,14-15,23H2,(H,24,26). The molecule has 26 heavy (non-hydrogen) atoms. The molecule has 3 N–H and O–H groups in total. The Kier molecular flexibility index (Phi) is 5.77. The fraction of sp³-hybridized carbons (Fsp3) is 0.0952. The second kappa shape index (κ2) is 8.41. The number of para-hydroxylation sites is 2. The van der Waals surface area contributed by atoms with Crippen molar-refractivity contribution in [2.24, 2.45) is 0 Å². The fourth-order valence-corrected chi connectivity index (χ4v) is 2.84. The highest BCUT2D eigenvalue weighted by Gasteiger charge is 2.14. The van der Waals surface area contributed by atoms with E-state index < -0.39 is 0 Å². The van der Waals surface area contributed by atoms with Crippen molar-refractivity contribution in [3.05, 3.63) is 89.4 Å². The minimum atomic E-state index is -0.119. The number of nitrogens with one attached hydrogen (secondary N) is 1. The molecule has 0 aromatic heterocycles. The summed E-state index contributed by atoms with van der Waals surface area (Å²) in [6.07, 6.45) is 0. The number of carbonyl (C=O) groups is 1. The first-order valence-corrected chi connectivity index (χ1v) is 8.68. The largest absolute Gasteiger partial charge is 0.397 e. The molecule has 0 radical (unpaired) electrons. The summed E-state index contributed by atoms with van der Waals surface area (Å²) in [5.41, 5.74) is 9.42. The van der Waals surface area contributed by atoms with Crippen molar-refractivity contribution in [3.8, 4) is 0 Å². The molecule has 5 heteroatoms. The van der Waals surface area contributed by atoms with Gasteiger partial charge in [0.1, 0.15) is 0 Å². The molecule has 3 rings (SSSR count). The number of halogens is 1. The van der Waals surface area contributed by atoms with Crippen molar-refractivity contribution in [1.82, 2.24) is 0 Å². The summed E-state index contributed by atoms with van der Waals surface area (Å²) in [5, 5.41) is 3.52. The van der Waals surface area contributed by atoms with Gasteiger partial charge in [-0.15, -0.1) is 0 Å². The molecule has 0 spiro atoms. The van der Waals surface area contributed by atoms with Crippen LogP contribution in [-0.4, -0.2) is 12.5 Å². The SMILES string of the molecule is Nc1ccccc1N(CC(=O)Nc1ccc(Cl)cc1)Cc1ccccc1. The van der Waals surface area contributed by atoms with E-state index in [0.717, 1.165) is 11.3 Å². The van der Waals surface area contributed by atoms with Crippen LogP contribution >= 0.6 is 11.6 Å². The van der Waals surface area contributed by atoms with Gasteiger partial charge in [0.05, 0.1) is 17.9 Å². The lowest BCUT2D eigenvalue weighted by atomic mass is 10.1. The predicted octanol–water partition coefficient (Wildman–Crippen LogP) is 4.57. The maximum absolute atomic E-state index is 12.6. The molecule has 3 aromatic carbocycles. The fourth-order valence-electron chi connectivity index (χ4n) is 2.71. The Morgan fingerprint density at radius 3 is 2.27 bits per heavy atom. The minimum absolute atomic E-state index is 0.119. The van der Waals surface area contributed by atoms with Crippen LogP contribution in [0.15, 0.2) is 78.9 Å². The van der Waals surface area contributed by atoms with Crippen molar-refractivity contribution < 1.29 is 4.79 Å². The molecule has 0 aliphatic carbocycles. The topological polar surface area (TPSA) is 58.4 Å². The summed E-state index contributed by atoms with van der Waals surface area (Å²) >= 11 is 5.89. The minimum Gasteiger partial charge on any atom is -0.397 e. The van der Waals surface area contributed by atoms with E-state index in [-0.39, 0.29) is 12.5 Å². The average Bonchev–Trinajstić information content (AvgIpc) is 2.64. The lowest BCUT2D eigenvalue weighted by molar-refractivity contribution is -0.115. The van der Waals surface area contributed by atoms with Crippen molar-refractivity contribution in [1.29, 1.82) is 0 Å². The zero-order valence-corrected chi connectivity index (χ0v) is 15.0. The van der Waals surface area contributed by atoms with E-state index in [1.807, 2.05) is 59.5 Å². The van der Waals surface area contributed by atoms with Crippen LogP contribution in [-0.2, 0) is 11.3 Å². The maximum atomic E-state index is 12.6. The first-order valence-electron chi connectivity index (χ1n) is 8.30. The molecule has 0 saturated heterocycles. The van der Waals surface area contributed by atoms with E-state index in [9.17, 15) is 4.79 Å². The van der Waals surface area contributed by atoms with Gasteiger partial charge in [-0.05, 0) is 42.0 Å². The number of nitrogens with two attached hydrogens (primary N) is 1. The molecule has 0 bridgehead atoms. The van der Waals surface area contributed by atoms with Crippen LogP contribution in [0.5, 0.6) is 0 Å². The quantitative estimate of drug-likeness (QED) is 0.629. The Morgan fingerprint density at radius 2 is 1.58 bits per heavy atom. The zero-order chi connectivity index (χ0) is 18.4. The highest BCUT2D eigenvalue weighted by molar-refractivity contribution is 6.30. The van der Waals surface area contributed by atoms with E-state index in [1.165, 1.54) is 0 Å². The Bertz CT molecular complexity index is 866. The normalized spacial score (nSPS) is 10.3. The van der Waals surface area contributed by atoms with Crippen LogP contribution in [0.1, 0.15) is 5.56 Å². The maximum Gasteiger partial charge on any atom is 0.243 e. The van der Waals surface area contributed by atoms with Crippen molar-refractivity contribution in [2.45, 2.75) is 6.54 Å². The second-order valence-corrected chi connectivity index (χ2v) is 6.39. The molecule has 3 aromatic rings. The Morgan fingerprint density at radius 1 is 0.923 bits per heavy atom. The lowest BCUT2D eigenvalue weighted by Gasteiger charge is -2.25. The number of benzene rings is 3. The van der Waals surface area contributed by atoms with Crippen LogP contribution in [0.25, 0.3) is 0 Å². The summed E-state index contributed by atoms with van der Waals surface area (Å²) in [6.45, 7) is 0.773. The number of rotatable bonds is 6. The average molecular weight is 366 g/mol. The van der Waals surface area contributed by atoms with Gasteiger partial charge in [-0.1, -0.05) is 54.1 Å². The summed E-state index contributed by atoms with van der Waals surface area (Å²) in [4.78, 5) is 14.5. The highest BCUT2D eigenvalue weighted by atomic mass is 35.5. The zero-order valence-electron chi connectivity index (χ0n) is 14.2. The number of hydrogen-bond acceptors (Lipinski definition) is 3. The van der Waals surface area contributed by atoms with Gasteiger partial charge in [-0.25, -0.2) is 0 Å². The first-order chi connectivity index (χ1) is 12.6. The summed E-state index contributed by atoms with van der Waals surface area (Å²) in [5.74, 6) is -0.119. The molecule has 1 amide bonds. The molecule has 0 saturated carbocycles. The molecular weight excluding hydrogens is 346 g/mol. The van der Waals surface area contributed by atoms with E-state index in [0.29, 0.717) is 22.9 Å². The Balaban J connectivity index is 1.77. The van der Waals surface area contributed by atoms with E-state index in [1.54, 1.807) is 24.3 Å². The third kappa shape index (κ3) is 4.77. The molecule has 0 unspecified atom stereocenters. The molecule has 0 heterocycles. The third-order valence-electron chi connectivity index (χ3n) is 3.96. The van der Waals surface area contributed by atoms with Gasteiger partial charge in [0.15, 0.2) is 0 Å². The molecule has 0 aliphatic rings. The number of amides is 1. The van der Waals surface area contributed by atoms with Gasteiger partial charge in [0.2, 0.25) is 5.91 Å². The molecule has 0 aliphatic heterocycles. The number of anilines is 3. The summed E-state index contributed by atoms with van der Waals surface area (Å²) in [6, 6.07) is 24.6. The van der Waals surface area contributed by atoms with Crippen LogP contribution < -0.4 is 16.0 Å². The molecule has 0 fully saturated rings. The molecule has 4 nitrogen and oxygen atoms in total. The van der Waals surface area contributed by atoms with E-state index in [4.69, 9.17) is 17.3 Å². The van der Waals surface area contributed by atoms with Crippen molar-refractivity contribution in [3.63, 3.8) is 0 Å². The second-order valence-electron chi connectivity index (χ2n) is 5.96. The number of carbonyl (C=O) groups excluding carboxylic acids is 1. The van der Waals surface area contributed by atoms with Crippen LogP contribution in [0.3, 0.4) is 0 Å². The van der Waals surface area contributed by atoms with Gasteiger partial charge in [-0.2, -0.15) is 0 Å². The van der Waals surface area contributed by atoms with E-state index >= 15 is 0 Å². The summed E-state index contributed by atoms with van der Waals surface area (Å²) in [7, 11) is 0. The van der Waals surface area contributed by atoms with Crippen LogP contribution in [0, 0.1) is 0 Å².